The number of aromatic nitrogens is 2. The molecule has 1 atom stereocenters. The number of hydrogen-bond donors (Lipinski definition) is 2. The molecule has 0 radical (unpaired) electrons. The van der Waals surface area contributed by atoms with Crippen molar-refractivity contribution in [3.8, 4) is 0 Å². The highest BCUT2D eigenvalue weighted by Crippen LogP contribution is 2.08. The van der Waals surface area contributed by atoms with Gasteiger partial charge in [0, 0.05) is 12.4 Å². The molecule has 5 nitrogen and oxygen atoms in total. The third kappa shape index (κ3) is 1.82. The highest BCUT2D eigenvalue weighted by atomic mass is 16.4. The summed E-state index contributed by atoms with van der Waals surface area (Å²) >= 11 is 0. The summed E-state index contributed by atoms with van der Waals surface area (Å²) in [5.74, 6) is -0.577. The van der Waals surface area contributed by atoms with Gasteiger partial charge >= 0.3 is 5.97 Å². The molecule has 0 aliphatic heterocycles. The Morgan fingerprint density at radius 2 is 2.50 bits per heavy atom. The van der Waals surface area contributed by atoms with Gasteiger partial charge in [0.25, 0.3) is 0 Å². The average Bonchev–Trinajstić information content (AvgIpc) is 2.33. The van der Waals surface area contributed by atoms with Crippen molar-refractivity contribution < 1.29 is 15.0 Å². The van der Waals surface area contributed by atoms with E-state index >= 15 is 0 Å². The van der Waals surface area contributed by atoms with E-state index in [2.05, 4.69) is 4.98 Å². The van der Waals surface area contributed by atoms with E-state index in [1.165, 1.54) is 17.0 Å². The van der Waals surface area contributed by atoms with E-state index in [1.54, 1.807) is 6.92 Å². The number of nitrogens with zero attached hydrogens (tertiary/aromatic N) is 2. The summed E-state index contributed by atoms with van der Waals surface area (Å²) < 4.78 is 1.40. The Morgan fingerprint density at radius 3 is 3.00 bits per heavy atom. The second kappa shape index (κ2) is 3.36. The molecular weight excluding hydrogens is 160 g/mol. The van der Waals surface area contributed by atoms with E-state index < -0.39 is 12.1 Å². The second-order valence-electron chi connectivity index (χ2n) is 2.48. The van der Waals surface area contributed by atoms with Crippen LogP contribution in [0, 0.1) is 0 Å². The molecule has 5 heteroatoms. The first kappa shape index (κ1) is 8.73. The molecule has 0 aromatic carbocycles. The highest BCUT2D eigenvalue weighted by molar-refractivity contribution is 5.66. The normalized spacial score (nSPS) is 12.8. The van der Waals surface area contributed by atoms with Crippen LogP contribution in [0.15, 0.2) is 12.4 Å². The van der Waals surface area contributed by atoms with E-state index in [0.29, 0.717) is 5.82 Å². The first-order chi connectivity index (χ1) is 5.61. The van der Waals surface area contributed by atoms with Gasteiger partial charge in [-0.15, -0.1) is 0 Å². The predicted molar refractivity (Wildman–Crippen MR) is 40.5 cm³/mol. The van der Waals surface area contributed by atoms with Gasteiger partial charge in [0.1, 0.15) is 18.5 Å². The molecule has 2 N–H and O–H groups in total. The Morgan fingerprint density at radius 1 is 1.83 bits per heavy atom. The summed E-state index contributed by atoms with van der Waals surface area (Å²) in [5.41, 5.74) is 0. The molecule has 0 saturated heterocycles. The van der Waals surface area contributed by atoms with Crippen molar-refractivity contribution in [1.29, 1.82) is 0 Å². The molecule has 1 aromatic heterocycles. The van der Waals surface area contributed by atoms with Crippen LogP contribution in [0.5, 0.6) is 0 Å². The molecule has 0 amide bonds. The molecule has 1 heterocycles. The van der Waals surface area contributed by atoms with Gasteiger partial charge in [-0.25, -0.2) is 4.98 Å². The number of aliphatic hydroxyl groups is 1. The van der Waals surface area contributed by atoms with Gasteiger partial charge in [-0.1, -0.05) is 0 Å². The van der Waals surface area contributed by atoms with Crippen molar-refractivity contribution in [3.05, 3.63) is 18.2 Å². The maximum atomic E-state index is 10.3. The molecule has 0 aliphatic carbocycles. The van der Waals surface area contributed by atoms with Gasteiger partial charge in [0.15, 0.2) is 0 Å². The molecule has 0 saturated carbocycles. The summed E-state index contributed by atoms with van der Waals surface area (Å²) in [5, 5.41) is 17.6. The topological polar surface area (TPSA) is 75.4 Å². The fourth-order valence-corrected chi connectivity index (χ4v) is 0.968. The summed E-state index contributed by atoms with van der Waals surface area (Å²) in [4.78, 5) is 14.1. The molecule has 0 fully saturated rings. The van der Waals surface area contributed by atoms with Crippen molar-refractivity contribution in [3.63, 3.8) is 0 Å². The van der Waals surface area contributed by atoms with Crippen LogP contribution in [0.25, 0.3) is 0 Å². The quantitative estimate of drug-likeness (QED) is 0.670. The van der Waals surface area contributed by atoms with E-state index in [0.717, 1.165) is 0 Å². The molecule has 66 valence electrons. The second-order valence-corrected chi connectivity index (χ2v) is 2.48. The van der Waals surface area contributed by atoms with Crippen molar-refractivity contribution in [2.24, 2.45) is 0 Å². The molecular formula is C7H10N2O3. The Balaban J connectivity index is 2.84. The number of carbonyl (C=O) groups is 1. The monoisotopic (exact) mass is 170 g/mol. The Kier molecular flexibility index (Phi) is 2.44. The standard InChI is InChI=1S/C7H10N2O3/c1-5(10)7-8-2-3-9(7)4-6(11)12/h2-3,5,10H,4H2,1H3,(H,11,12). The van der Waals surface area contributed by atoms with Crippen LogP contribution in [0.4, 0.5) is 0 Å². The van der Waals surface area contributed by atoms with Crippen LogP contribution in [-0.2, 0) is 11.3 Å². The summed E-state index contributed by atoms with van der Waals surface area (Å²) in [6.07, 6.45) is 2.25. The van der Waals surface area contributed by atoms with Crippen molar-refractivity contribution in [2.45, 2.75) is 19.6 Å². The zero-order valence-electron chi connectivity index (χ0n) is 6.64. The van der Waals surface area contributed by atoms with Gasteiger partial charge in [-0.05, 0) is 6.92 Å². The maximum absolute atomic E-state index is 10.3. The summed E-state index contributed by atoms with van der Waals surface area (Å²) in [6, 6.07) is 0. The van der Waals surface area contributed by atoms with Gasteiger partial charge < -0.3 is 14.8 Å². The molecule has 0 spiro atoms. The van der Waals surface area contributed by atoms with Crippen LogP contribution in [0.2, 0.25) is 0 Å². The molecule has 1 unspecified atom stereocenters. The maximum Gasteiger partial charge on any atom is 0.323 e. The lowest BCUT2D eigenvalue weighted by molar-refractivity contribution is -0.137. The number of carboxylic acids is 1. The van der Waals surface area contributed by atoms with E-state index in [9.17, 15) is 4.79 Å². The number of hydrogen-bond acceptors (Lipinski definition) is 3. The van der Waals surface area contributed by atoms with E-state index in [-0.39, 0.29) is 6.54 Å². The van der Waals surface area contributed by atoms with Gasteiger partial charge in [0.05, 0.1) is 0 Å². The highest BCUT2D eigenvalue weighted by Gasteiger charge is 2.09. The van der Waals surface area contributed by atoms with E-state index in [1.807, 2.05) is 0 Å². The Labute approximate surface area is 69.3 Å². The lowest BCUT2D eigenvalue weighted by Gasteiger charge is -2.05. The largest absolute Gasteiger partial charge is 0.480 e. The van der Waals surface area contributed by atoms with Crippen LogP contribution in [-0.4, -0.2) is 25.7 Å². The van der Waals surface area contributed by atoms with Gasteiger partial charge in [-0.2, -0.15) is 0 Å². The minimum Gasteiger partial charge on any atom is -0.480 e. The minimum atomic E-state index is -0.949. The first-order valence-corrected chi connectivity index (χ1v) is 3.52. The van der Waals surface area contributed by atoms with E-state index in [4.69, 9.17) is 10.2 Å². The average molecular weight is 170 g/mol. The number of rotatable bonds is 3. The number of carboxylic acid groups (broad SMARTS) is 1. The SMILES string of the molecule is CC(O)c1nccn1CC(=O)O. The van der Waals surface area contributed by atoms with Crippen LogP contribution >= 0.6 is 0 Å². The van der Waals surface area contributed by atoms with Crippen molar-refractivity contribution in [1.82, 2.24) is 9.55 Å². The zero-order chi connectivity index (χ0) is 9.14. The number of imidazole rings is 1. The smallest absolute Gasteiger partial charge is 0.323 e. The fourth-order valence-electron chi connectivity index (χ4n) is 0.968. The molecule has 1 rings (SSSR count). The van der Waals surface area contributed by atoms with Gasteiger partial charge in [-0.3, -0.25) is 4.79 Å². The molecule has 1 aromatic rings. The van der Waals surface area contributed by atoms with Crippen molar-refractivity contribution in [2.75, 3.05) is 0 Å². The number of aliphatic hydroxyl groups excluding tert-OH is 1. The van der Waals surface area contributed by atoms with Gasteiger partial charge in [0.2, 0.25) is 0 Å². The van der Waals surface area contributed by atoms with Crippen LogP contribution in [0.1, 0.15) is 18.9 Å². The lowest BCUT2D eigenvalue weighted by atomic mass is 10.4. The predicted octanol–water partition coefficient (Wildman–Crippen LogP) is 0.0210. The third-order valence-corrected chi connectivity index (χ3v) is 1.43. The van der Waals surface area contributed by atoms with Crippen LogP contribution < -0.4 is 0 Å². The number of aliphatic carboxylic acids is 1. The lowest BCUT2D eigenvalue weighted by Crippen LogP contribution is -2.12. The van der Waals surface area contributed by atoms with Crippen molar-refractivity contribution >= 4 is 5.97 Å². The molecule has 0 bridgehead atoms. The first-order valence-electron chi connectivity index (χ1n) is 3.52. The fraction of sp³-hybridized carbons (Fsp3) is 0.429. The summed E-state index contributed by atoms with van der Waals surface area (Å²) in [7, 11) is 0. The zero-order valence-corrected chi connectivity index (χ0v) is 6.64. The molecule has 0 aliphatic rings. The third-order valence-electron chi connectivity index (χ3n) is 1.43. The van der Waals surface area contributed by atoms with Crippen LogP contribution in [0.3, 0.4) is 0 Å². The Bertz CT molecular complexity index is 280. The molecule has 12 heavy (non-hydrogen) atoms. The Hall–Kier alpha value is -1.36. The minimum absolute atomic E-state index is 0.166. The summed E-state index contributed by atoms with van der Waals surface area (Å²) in [6.45, 7) is 1.38.